The van der Waals surface area contributed by atoms with Crippen molar-refractivity contribution in [2.45, 2.75) is 68.3 Å². The number of nitrogens with one attached hydrogen (secondary N) is 1. The van der Waals surface area contributed by atoms with Gasteiger partial charge in [0, 0.05) is 14.0 Å². The Bertz CT molecular complexity index is 494. The molecule has 2 fully saturated rings. The third-order valence-electron chi connectivity index (χ3n) is 4.63. The van der Waals surface area contributed by atoms with Crippen LogP contribution in [0.2, 0.25) is 0 Å². The van der Waals surface area contributed by atoms with Gasteiger partial charge in [0.25, 0.3) is 0 Å². The molecule has 2 aliphatic heterocycles. The van der Waals surface area contributed by atoms with E-state index in [9.17, 15) is 35.4 Å². The molecule has 10 atom stereocenters. The fraction of sp³-hybridized carbons (Fsp3) is 0.933. The van der Waals surface area contributed by atoms with Gasteiger partial charge < -0.3 is 54.9 Å². The highest BCUT2D eigenvalue weighted by atomic mass is 16.7. The Balaban J connectivity index is 2.19. The summed E-state index contributed by atoms with van der Waals surface area (Å²) in [6, 6.07) is -1.26. The molecule has 0 aliphatic carbocycles. The van der Waals surface area contributed by atoms with Crippen molar-refractivity contribution in [2.75, 3.05) is 20.3 Å². The highest BCUT2D eigenvalue weighted by molar-refractivity contribution is 5.73. The Kier molecular flexibility index (Phi) is 7.88. The van der Waals surface area contributed by atoms with E-state index in [-0.39, 0.29) is 0 Å². The van der Waals surface area contributed by atoms with Crippen molar-refractivity contribution in [1.82, 2.24) is 5.32 Å². The Labute approximate surface area is 155 Å². The average Bonchev–Trinajstić information content (AvgIpc) is 2.62. The lowest BCUT2D eigenvalue weighted by molar-refractivity contribution is -0.347. The molecule has 0 spiro atoms. The maximum atomic E-state index is 11.3. The van der Waals surface area contributed by atoms with Crippen LogP contribution in [0, 0.1) is 0 Å². The van der Waals surface area contributed by atoms with Crippen molar-refractivity contribution in [1.29, 1.82) is 0 Å². The molecule has 2 saturated heterocycles. The number of aliphatic hydroxyl groups is 6. The Morgan fingerprint density at radius 2 is 1.59 bits per heavy atom. The number of carbonyl (C=O) groups excluding carboxylic acids is 1. The summed E-state index contributed by atoms with van der Waals surface area (Å²) in [5, 5.41) is 61.9. The summed E-state index contributed by atoms with van der Waals surface area (Å²) >= 11 is 0. The maximum absolute atomic E-state index is 11.3. The van der Waals surface area contributed by atoms with Crippen LogP contribution in [0.25, 0.3) is 0 Å². The van der Waals surface area contributed by atoms with Gasteiger partial charge in [0.15, 0.2) is 12.6 Å². The zero-order valence-corrected chi connectivity index (χ0v) is 14.9. The molecule has 27 heavy (non-hydrogen) atoms. The number of ether oxygens (including phenoxy) is 4. The first-order chi connectivity index (χ1) is 12.7. The van der Waals surface area contributed by atoms with Gasteiger partial charge in [0.05, 0.1) is 13.2 Å². The smallest absolute Gasteiger partial charge is 0.217 e. The monoisotopic (exact) mass is 397 g/mol. The van der Waals surface area contributed by atoms with Gasteiger partial charge in [-0.3, -0.25) is 4.79 Å². The summed E-state index contributed by atoms with van der Waals surface area (Å²) in [6.07, 6.45) is -12.2. The van der Waals surface area contributed by atoms with Crippen molar-refractivity contribution in [3.05, 3.63) is 0 Å². The van der Waals surface area contributed by atoms with Gasteiger partial charge in [-0.25, -0.2) is 0 Å². The molecule has 158 valence electrons. The number of methoxy groups -OCH3 is 1. The van der Waals surface area contributed by atoms with E-state index in [2.05, 4.69) is 5.32 Å². The molecule has 0 aromatic heterocycles. The first kappa shape index (κ1) is 22.4. The second-order valence-electron chi connectivity index (χ2n) is 6.47. The second kappa shape index (κ2) is 9.52. The fourth-order valence-electron chi connectivity index (χ4n) is 3.24. The molecule has 0 aromatic carbocycles. The van der Waals surface area contributed by atoms with Gasteiger partial charge in [-0.15, -0.1) is 0 Å². The molecule has 2 aliphatic rings. The number of carbonyl (C=O) groups is 1. The van der Waals surface area contributed by atoms with Crippen molar-refractivity contribution < 1.29 is 54.4 Å². The van der Waals surface area contributed by atoms with Crippen LogP contribution in [0.15, 0.2) is 0 Å². The van der Waals surface area contributed by atoms with Crippen LogP contribution in [0.5, 0.6) is 0 Å². The fourth-order valence-corrected chi connectivity index (χ4v) is 3.24. The van der Waals surface area contributed by atoms with E-state index in [1.165, 1.54) is 14.0 Å². The molecule has 0 radical (unpaired) electrons. The highest BCUT2D eigenvalue weighted by Crippen LogP contribution is 2.29. The minimum atomic E-state index is -1.60. The van der Waals surface area contributed by atoms with Crippen LogP contribution >= 0.6 is 0 Å². The molecule has 7 N–H and O–H groups in total. The Hall–Kier alpha value is -0.930. The van der Waals surface area contributed by atoms with Crippen LogP contribution < -0.4 is 5.32 Å². The van der Waals surface area contributed by atoms with Gasteiger partial charge in [-0.2, -0.15) is 0 Å². The molecule has 2 rings (SSSR count). The van der Waals surface area contributed by atoms with Crippen molar-refractivity contribution in [3.8, 4) is 0 Å². The Morgan fingerprint density at radius 1 is 0.963 bits per heavy atom. The summed E-state index contributed by atoms with van der Waals surface area (Å²) in [5.41, 5.74) is 0. The first-order valence-electron chi connectivity index (χ1n) is 8.45. The van der Waals surface area contributed by atoms with Crippen LogP contribution in [-0.4, -0.2) is 118 Å². The van der Waals surface area contributed by atoms with Gasteiger partial charge >= 0.3 is 0 Å². The van der Waals surface area contributed by atoms with Crippen LogP contribution in [0.1, 0.15) is 6.92 Å². The molecule has 0 aromatic rings. The Morgan fingerprint density at radius 3 is 2.11 bits per heavy atom. The van der Waals surface area contributed by atoms with E-state index < -0.39 is 80.5 Å². The lowest BCUT2D eigenvalue weighted by Gasteiger charge is -2.46. The summed E-state index contributed by atoms with van der Waals surface area (Å²) in [7, 11) is 1.24. The number of rotatable bonds is 6. The lowest BCUT2D eigenvalue weighted by atomic mass is 9.95. The van der Waals surface area contributed by atoms with Gasteiger partial charge in [-0.05, 0) is 0 Å². The van der Waals surface area contributed by atoms with Crippen LogP contribution in [0.3, 0.4) is 0 Å². The van der Waals surface area contributed by atoms with Crippen molar-refractivity contribution in [3.63, 3.8) is 0 Å². The average molecular weight is 397 g/mol. The molecule has 1 amide bonds. The normalized spacial score (nSPS) is 45.5. The zero-order chi connectivity index (χ0) is 20.3. The van der Waals surface area contributed by atoms with Gasteiger partial charge in [0.1, 0.15) is 48.8 Å². The van der Waals surface area contributed by atoms with Gasteiger partial charge in [-0.1, -0.05) is 0 Å². The van der Waals surface area contributed by atoms with Crippen LogP contribution in [0.4, 0.5) is 0 Å². The zero-order valence-electron chi connectivity index (χ0n) is 14.9. The van der Waals surface area contributed by atoms with Crippen molar-refractivity contribution in [2.24, 2.45) is 0 Å². The van der Waals surface area contributed by atoms with E-state index in [4.69, 9.17) is 18.9 Å². The predicted molar refractivity (Wildman–Crippen MR) is 85.0 cm³/mol. The highest BCUT2D eigenvalue weighted by Gasteiger charge is 2.51. The first-order valence-corrected chi connectivity index (χ1v) is 8.45. The largest absolute Gasteiger partial charge is 0.394 e. The molecule has 12 heteroatoms. The van der Waals surface area contributed by atoms with E-state index in [1.54, 1.807) is 0 Å². The van der Waals surface area contributed by atoms with Gasteiger partial charge in [0.2, 0.25) is 5.91 Å². The summed E-state index contributed by atoms with van der Waals surface area (Å²) < 4.78 is 21.1. The molecular weight excluding hydrogens is 370 g/mol. The number of amides is 1. The molecular formula is C15H27NO11. The number of aliphatic hydroxyl groups excluding tert-OH is 6. The molecule has 2 heterocycles. The topological polar surface area (TPSA) is 187 Å². The standard InChI is InChI=1S/C15H27NO11/c1-5(19)16-8-10(21)12(7(4-18)25-14(8)23)27-15-11(22)13(24-2)9(20)6(3-17)26-15/h6-15,17-18,20-23H,3-4H2,1-2H3,(H,16,19)/t6-,7-,8-,9+,10-,11-,12-,13+,14-,15+/m1/s1. The van der Waals surface area contributed by atoms with Crippen molar-refractivity contribution >= 4 is 5.91 Å². The minimum absolute atomic E-state index is 0.542. The second-order valence-corrected chi connectivity index (χ2v) is 6.47. The predicted octanol–water partition coefficient (Wildman–Crippen LogP) is -4.60. The van der Waals surface area contributed by atoms with E-state index >= 15 is 0 Å². The summed E-state index contributed by atoms with van der Waals surface area (Å²) in [6.45, 7) is -0.0556. The molecule has 0 saturated carbocycles. The van der Waals surface area contributed by atoms with E-state index in [0.717, 1.165) is 0 Å². The third-order valence-corrected chi connectivity index (χ3v) is 4.63. The molecule has 12 nitrogen and oxygen atoms in total. The molecule has 0 unspecified atom stereocenters. The lowest BCUT2D eigenvalue weighted by Crippen LogP contribution is -2.67. The third kappa shape index (κ3) is 4.74. The number of hydrogen-bond donors (Lipinski definition) is 7. The SMILES string of the molecule is CO[C@H]1[C@@H](O)[C@@H](CO)O[C@@H](O[C@H]2[C@H](O)[C@@H](NC(C)=O)[C@H](O)O[C@@H]2CO)[C@@H]1O. The maximum Gasteiger partial charge on any atom is 0.217 e. The number of hydrogen-bond acceptors (Lipinski definition) is 11. The molecule has 0 bridgehead atoms. The van der Waals surface area contributed by atoms with E-state index in [1.807, 2.05) is 0 Å². The minimum Gasteiger partial charge on any atom is -0.394 e. The van der Waals surface area contributed by atoms with Crippen LogP contribution in [-0.2, 0) is 23.7 Å². The van der Waals surface area contributed by atoms with E-state index in [0.29, 0.717) is 0 Å². The summed E-state index contributed by atoms with van der Waals surface area (Å²) in [5.74, 6) is -0.542. The summed E-state index contributed by atoms with van der Waals surface area (Å²) in [4.78, 5) is 11.3. The quantitative estimate of drug-likeness (QED) is 0.228.